The van der Waals surface area contributed by atoms with Crippen LogP contribution in [0.3, 0.4) is 0 Å². The topological polar surface area (TPSA) is 68.9 Å². The molecular weight excluding hydrogens is 302 g/mol. The van der Waals surface area contributed by atoms with Gasteiger partial charge >= 0.3 is 0 Å². The standard InChI is InChI=1S/C15H13N3OS2/c1-8-3-5-10(6-4-8)20-15-13-11(17-7-18-15)9(2)12(21-13)14(16)19/h3-7H,1-2H3,(H2,16,19). The first-order chi connectivity index (χ1) is 10.1. The Bertz CT molecular complexity index is 825. The zero-order valence-corrected chi connectivity index (χ0v) is 13.2. The Hall–Kier alpha value is -1.92. The number of hydrogen-bond donors (Lipinski definition) is 1. The summed E-state index contributed by atoms with van der Waals surface area (Å²) < 4.78 is 0.911. The average molecular weight is 315 g/mol. The highest BCUT2D eigenvalue weighted by molar-refractivity contribution is 7.99. The van der Waals surface area contributed by atoms with Crippen LogP contribution in [0.2, 0.25) is 0 Å². The summed E-state index contributed by atoms with van der Waals surface area (Å²) in [6, 6.07) is 8.25. The predicted molar refractivity (Wildman–Crippen MR) is 86.0 cm³/mol. The Morgan fingerprint density at radius 2 is 1.90 bits per heavy atom. The molecule has 0 saturated heterocycles. The molecule has 0 unspecified atom stereocenters. The van der Waals surface area contributed by atoms with Crippen molar-refractivity contribution in [3.63, 3.8) is 0 Å². The fourth-order valence-electron chi connectivity index (χ4n) is 2.03. The Balaban J connectivity index is 2.08. The van der Waals surface area contributed by atoms with Crippen LogP contribution in [-0.4, -0.2) is 15.9 Å². The first-order valence-corrected chi connectivity index (χ1v) is 7.98. The third kappa shape index (κ3) is 2.64. The highest BCUT2D eigenvalue weighted by atomic mass is 32.2. The van der Waals surface area contributed by atoms with Crippen molar-refractivity contribution in [3.8, 4) is 0 Å². The Morgan fingerprint density at radius 1 is 1.19 bits per heavy atom. The number of carbonyl (C=O) groups is 1. The second-order valence-corrected chi connectivity index (χ2v) is 6.77. The largest absolute Gasteiger partial charge is 0.365 e. The summed E-state index contributed by atoms with van der Waals surface area (Å²) >= 11 is 2.93. The molecule has 3 aromatic rings. The number of benzene rings is 1. The minimum atomic E-state index is -0.415. The molecule has 2 N–H and O–H groups in total. The van der Waals surface area contributed by atoms with Gasteiger partial charge in [0.2, 0.25) is 0 Å². The van der Waals surface area contributed by atoms with Crippen LogP contribution >= 0.6 is 23.1 Å². The lowest BCUT2D eigenvalue weighted by Gasteiger charge is -2.02. The Kier molecular flexibility index (Phi) is 3.65. The van der Waals surface area contributed by atoms with Crippen LogP contribution < -0.4 is 5.73 Å². The molecule has 0 aliphatic carbocycles. The number of carbonyl (C=O) groups excluding carboxylic acids is 1. The van der Waals surface area contributed by atoms with Crippen molar-refractivity contribution >= 4 is 39.2 Å². The number of nitrogens with zero attached hydrogens (tertiary/aromatic N) is 2. The summed E-state index contributed by atoms with van der Waals surface area (Å²) in [5.74, 6) is -0.415. The lowest BCUT2D eigenvalue weighted by Crippen LogP contribution is -2.09. The maximum Gasteiger partial charge on any atom is 0.259 e. The zero-order chi connectivity index (χ0) is 15.0. The summed E-state index contributed by atoms with van der Waals surface area (Å²) in [6.45, 7) is 3.92. The predicted octanol–water partition coefficient (Wildman–Crippen LogP) is 3.56. The SMILES string of the molecule is Cc1ccc(Sc2ncnc3c(C)c(C(N)=O)sc23)cc1. The maximum absolute atomic E-state index is 11.5. The molecule has 0 radical (unpaired) electrons. The monoisotopic (exact) mass is 315 g/mol. The first-order valence-electron chi connectivity index (χ1n) is 6.34. The molecule has 0 atom stereocenters. The van der Waals surface area contributed by atoms with E-state index in [1.54, 1.807) is 11.8 Å². The van der Waals surface area contributed by atoms with Gasteiger partial charge in [0.1, 0.15) is 11.4 Å². The van der Waals surface area contributed by atoms with Crippen LogP contribution in [-0.2, 0) is 0 Å². The van der Waals surface area contributed by atoms with Gasteiger partial charge < -0.3 is 5.73 Å². The molecular formula is C15H13N3OS2. The fraction of sp³-hybridized carbons (Fsp3) is 0.133. The van der Waals surface area contributed by atoms with Gasteiger partial charge in [0.25, 0.3) is 5.91 Å². The van der Waals surface area contributed by atoms with Crippen molar-refractivity contribution in [3.05, 3.63) is 46.6 Å². The van der Waals surface area contributed by atoms with E-state index in [4.69, 9.17) is 5.73 Å². The maximum atomic E-state index is 11.5. The minimum absolute atomic E-state index is 0.415. The van der Waals surface area contributed by atoms with Crippen LogP contribution in [0.4, 0.5) is 0 Å². The average Bonchev–Trinajstić information content (AvgIpc) is 2.80. The van der Waals surface area contributed by atoms with E-state index >= 15 is 0 Å². The van der Waals surface area contributed by atoms with Gasteiger partial charge in [-0.15, -0.1) is 11.3 Å². The molecule has 4 nitrogen and oxygen atoms in total. The zero-order valence-electron chi connectivity index (χ0n) is 11.6. The minimum Gasteiger partial charge on any atom is -0.365 e. The number of rotatable bonds is 3. The van der Waals surface area contributed by atoms with Gasteiger partial charge in [-0.05, 0) is 31.5 Å². The normalized spacial score (nSPS) is 11.0. The third-order valence-corrected chi connectivity index (χ3v) is 5.57. The van der Waals surface area contributed by atoms with Crippen molar-refractivity contribution in [1.82, 2.24) is 9.97 Å². The van der Waals surface area contributed by atoms with E-state index in [1.165, 1.54) is 23.2 Å². The van der Waals surface area contributed by atoms with Crippen LogP contribution in [0, 0.1) is 13.8 Å². The smallest absolute Gasteiger partial charge is 0.259 e. The number of primary amides is 1. The van der Waals surface area contributed by atoms with Gasteiger partial charge in [-0.3, -0.25) is 4.79 Å². The van der Waals surface area contributed by atoms with Crippen molar-refractivity contribution in [1.29, 1.82) is 0 Å². The number of aryl methyl sites for hydroxylation is 2. The van der Waals surface area contributed by atoms with Crippen LogP contribution in [0.25, 0.3) is 10.2 Å². The molecule has 6 heteroatoms. The lowest BCUT2D eigenvalue weighted by molar-refractivity contribution is 0.100. The number of nitrogens with two attached hydrogens (primary N) is 1. The Labute approximate surface area is 130 Å². The van der Waals surface area contributed by atoms with E-state index < -0.39 is 5.91 Å². The van der Waals surface area contributed by atoms with E-state index in [0.29, 0.717) is 4.88 Å². The van der Waals surface area contributed by atoms with E-state index in [9.17, 15) is 4.79 Å². The molecule has 21 heavy (non-hydrogen) atoms. The molecule has 0 aliphatic rings. The second kappa shape index (κ2) is 5.46. The molecule has 3 rings (SSSR count). The molecule has 106 valence electrons. The third-order valence-electron chi connectivity index (χ3n) is 3.13. The van der Waals surface area contributed by atoms with Crippen molar-refractivity contribution in [2.75, 3.05) is 0 Å². The number of fused-ring (bicyclic) bond motifs is 1. The van der Waals surface area contributed by atoms with Gasteiger partial charge in [-0.1, -0.05) is 29.5 Å². The van der Waals surface area contributed by atoms with E-state index in [1.807, 2.05) is 6.92 Å². The van der Waals surface area contributed by atoms with E-state index in [-0.39, 0.29) is 0 Å². The molecule has 0 aliphatic heterocycles. The van der Waals surface area contributed by atoms with E-state index in [2.05, 4.69) is 41.2 Å². The van der Waals surface area contributed by atoms with Crippen molar-refractivity contribution in [2.24, 2.45) is 5.73 Å². The quantitative estimate of drug-likeness (QED) is 0.750. The Morgan fingerprint density at radius 3 is 2.57 bits per heavy atom. The number of aromatic nitrogens is 2. The molecule has 0 bridgehead atoms. The van der Waals surface area contributed by atoms with Crippen LogP contribution in [0.5, 0.6) is 0 Å². The first kappa shape index (κ1) is 14.0. The number of hydrogen-bond acceptors (Lipinski definition) is 5. The van der Waals surface area contributed by atoms with Gasteiger partial charge in [0, 0.05) is 4.90 Å². The molecule has 2 heterocycles. The fourth-order valence-corrected chi connectivity index (χ4v) is 4.06. The summed E-state index contributed by atoms with van der Waals surface area (Å²) in [4.78, 5) is 21.8. The van der Waals surface area contributed by atoms with Crippen LogP contribution in [0.1, 0.15) is 20.8 Å². The van der Waals surface area contributed by atoms with Gasteiger partial charge in [0.05, 0.1) is 15.1 Å². The number of thiophene rings is 1. The molecule has 2 aromatic heterocycles. The highest BCUT2D eigenvalue weighted by Gasteiger charge is 2.17. The summed E-state index contributed by atoms with van der Waals surface area (Å²) in [5.41, 5.74) is 8.27. The highest BCUT2D eigenvalue weighted by Crippen LogP contribution is 2.37. The summed E-state index contributed by atoms with van der Waals surface area (Å²) in [5, 5.41) is 0.851. The van der Waals surface area contributed by atoms with Crippen LogP contribution in [0.15, 0.2) is 40.5 Å². The lowest BCUT2D eigenvalue weighted by atomic mass is 10.2. The second-order valence-electron chi connectivity index (χ2n) is 4.69. The van der Waals surface area contributed by atoms with Gasteiger partial charge in [0.15, 0.2) is 0 Å². The van der Waals surface area contributed by atoms with E-state index in [0.717, 1.165) is 25.7 Å². The number of amides is 1. The van der Waals surface area contributed by atoms with Gasteiger partial charge in [-0.25, -0.2) is 9.97 Å². The molecule has 0 fully saturated rings. The van der Waals surface area contributed by atoms with Crippen molar-refractivity contribution < 1.29 is 4.79 Å². The molecule has 0 saturated carbocycles. The summed E-state index contributed by atoms with van der Waals surface area (Å²) in [6.07, 6.45) is 1.53. The molecule has 1 aromatic carbocycles. The molecule has 0 spiro atoms. The van der Waals surface area contributed by atoms with Crippen molar-refractivity contribution in [2.45, 2.75) is 23.8 Å². The van der Waals surface area contributed by atoms with Gasteiger partial charge in [-0.2, -0.15) is 0 Å². The summed E-state index contributed by atoms with van der Waals surface area (Å²) in [7, 11) is 0. The molecule has 1 amide bonds.